The van der Waals surface area contributed by atoms with Crippen molar-refractivity contribution in [2.75, 3.05) is 16.8 Å². The number of benzene rings is 3. The Balaban J connectivity index is 1.04. The molecular weight excluding hydrogens is 647 g/mol. The van der Waals surface area contributed by atoms with E-state index in [1.54, 1.807) is 6.07 Å². The number of ketones is 1. The van der Waals surface area contributed by atoms with Crippen molar-refractivity contribution < 1.29 is 9.59 Å². The van der Waals surface area contributed by atoms with Crippen LogP contribution in [0.2, 0.25) is 0 Å². The predicted molar refractivity (Wildman–Crippen MR) is 204 cm³/mol. The predicted octanol–water partition coefficient (Wildman–Crippen LogP) is 7.25. The highest BCUT2D eigenvalue weighted by molar-refractivity contribution is 6.43. The van der Waals surface area contributed by atoms with E-state index in [0.29, 0.717) is 30.9 Å². The highest BCUT2D eigenvalue weighted by atomic mass is 16.2. The Hall–Kier alpha value is -4.91. The van der Waals surface area contributed by atoms with Crippen molar-refractivity contribution in [1.82, 2.24) is 20.8 Å². The molecule has 1 atom stereocenters. The van der Waals surface area contributed by atoms with Gasteiger partial charge in [0.2, 0.25) is 11.6 Å². The van der Waals surface area contributed by atoms with Gasteiger partial charge in [-0.3, -0.25) is 25.3 Å². The number of nitriles is 1. The number of hydrogen-bond donors (Lipinski definition) is 2. The molecule has 3 aliphatic rings. The number of anilines is 3. The van der Waals surface area contributed by atoms with E-state index in [0.717, 1.165) is 49.7 Å². The summed E-state index contributed by atoms with van der Waals surface area (Å²) < 4.78 is 0. The number of rotatable bonds is 10. The van der Waals surface area contributed by atoms with Crippen LogP contribution >= 0.6 is 0 Å². The second-order valence-electron chi connectivity index (χ2n) is 15.0. The van der Waals surface area contributed by atoms with E-state index in [9.17, 15) is 14.9 Å². The fourth-order valence-electron chi connectivity index (χ4n) is 9.18. The molecule has 1 spiro atoms. The van der Waals surface area contributed by atoms with Gasteiger partial charge in [-0.25, -0.2) is 9.97 Å². The summed E-state index contributed by atoms with van der Waals surface area (Å²) in [7, 11) is 2.25. The van der Waals surface area contributed by atoms with Crippen molar-refractivity contribution >= 4 is 28.9 Å². The average Bonchev–Trinajstić information content (AvgIpc) is 3.57. The average molecular weight is 696 g/mol. The Morgan fingerprint density at radius 3 is 2.31 bits per heavy atom. The smallest absolute Gasteiger partial charge is 0.300 e. The molecule has 9 nitrogen and oxygen atoms in total. The van der Waals surface area contributed by atoms with Crippen molar-refractivity contribution in [2.45, 2.75) is 95.7 Å². The Kier molecular flexibility index (Phi) is 9.97. The van der Waals surface area contributed by atoms with Gasteiger partial charge in [0.15, 0.2) is 0 Å². The number of hydrazine groups is 1. The molecule has 1 aliphatic heterocycles. The van der Waals surface area contributed by atoms with E-state index in [1.165, 1.54) is 27.9 Å². The molecule has 2 aliphatic carbocycles. The molecule has 2 N–H and O–H groups in total. The van der Waals surface area contributed by atoms with Crippen molar-refractivity contribution in [3.05, 3.63) is 113 Å². The van der Waals surface area contributed by atoms with Crippen LogP contribution in [0.4, 0.5) is 17.2 Å². The van der Waals surface area contributed by atoms with Gasteiger partial charge >= 0.3 is 0 Å². The molecule has 52 heavy (non-hydrogen) atoms. The Morgan fingerprint density at radius 2 is 1.62 bits per heavy atom. The number of nitrogens with zero attached hydrogens (tertiary/aromatic N) is 5. The van der Waals surface area contributed by atoms with Crippen LogP contribution in [0.5, 0.6) is 0 Å². The number of aryl methyl sites for hydroxylation is 2. The number of para-hydroxylation sites is 1. The summed E-state index contributed by atoms with van der Waals surface area (Å²) in [5, 5.41) is 9.51. The monoisotopic (exact) mass is 695 g/mol. The molecule has 2 saturated carbocycles. The Labute approximate surface area is 307 Å². The van der Waals surface area contributed by atoms with E-state index in [2.05, 4.69) is 107 Å². The van der Waals surface area contributed by atoms with E-state index in [4.69, 9.17) is 0 Å². The summed E-state index contributed by atoms with van der Waals surface area (Å²) in [6, 6.07) is 29.2. The van der Waals surface area contributed by atoms with Crippen molar-refractivity contribution in [2.24, 2.45) is 11.8 Å². The van der Waals surface area contributed by atoms with Crippen LogP contribution in [-0.4, -0.2) is 40.3 Å². The zero-order valence-corrected chi connectivity index (χ0v) is 30.7. The lowest BCUT2D eigenvalue weighted by molar-refractivity contribution is -0.141. The largest absolute Gasteiger partial charge is 0.365 e. The maximum atomic E-state index is 14.2. The summed E-state index contributed by atoms with van der Waals surface area (Å²) in [6.45, 7) is 6.32. The lowest BCUT2D eigenvalue weighted by Gasteiger charge is -2.51. The van der Waals surface area contributed by atoms with Gasteiger partial charge in [-0.2, -0.15) is 5.26 Å². The lowest BCUT2D eigenvalue weighted by atomic mass is 9.64. The number of Topliss-reactive ketones (excluding diaryl/α,β-unsaturated/α-hetero) is 1. The number of nitrogens with one attached hydrogen (secondary N) is 2. The van der Waals surface area contributed by atoms with E-state index in [-0.39, 0.29) is 34.7 Å². The fraction of sp³-hybridized carbons (Fsp3) is 0.419. The third-order valence-corrected chi connectivity index (χ3v) is 12.3. The Morgan fingerprint density at radius 1 is 0.904 bits per heavy atom. The van der Waals surface area contributed by atoms with E-state index < -0.39 is 11.7 Å². The minimum atomic E-state index is -0.606. The van der Waals surface area contributed by atoms with Gasteiger partial charge in [-0.15, -0.1) is 0 Å². The standard InChI is InChI=1S/C43H49N7O2/c1-5-30-14-12-18-37(34(30)6-2)50(39-19-24-45-38(28-44)46-39)41(52)40(51)32-25-31(26-32)35-27-42(48-47-35)20-22-43(23-21-42,33-15-8-7-9-16-33)49(4)36-17-11-10-13-29(36)3/h7-19,24,31-32,35,47-48H,5-6,20-23,25-27H2,1-4H3. The van der Waals surface area contributed by atoms with Gasteiger partial charge in [0, 0.05) is 36.4 Å². The zero-order chi connectivity index (χ0) is 36.5. The first-order valence-electron chi connectivity index (χ1n) is 18.8. The van der Waals surface area contributed by atoms with Gasteiger partial charge in [0.25, 0.3) is 5.91 Å². The minimum Gasteiger partial charge on any atom is -0.365 e. The first kappa shape index (κ1) is 35.5. The van der Waals surface area contributed by atoms with Gasteiger partial charge < -0.3 is 4.90 Å². The molecule has 1 saturated heterocycles. The molecule has 4 aromatic rings. The highest BCUT2D eigenvalue weighted by Crippen LogP contribution is 2.51. The van der Waals surface area contributed by atoms with Crippen molar-refractivity contribution in [3.8, 4) is 6.07 Å². The van der Waals surface area contributed by atoms with Crippen LogP contribution in [-0.2, 0) is 28.0 Å². The van der Waals surface area contributed by atoms with Crippen LogP contribution in [0, 0.1) is 30.1 Å². The molecular formula is C43H49N7O2. The van der Waals surface area contributed by atoms with Crippen LogP contribution in [0.15, 0.2) is 85.1 Å². The van der Waals surface area contributed by atoms with Crippen LogP contribution < -0.4 is 20.7 Å². The Bertz CT molecular complexity index is 1970. The fourth-order valence-corrected chi connectivity index (χ4v) is 9.18. The van der Waals surface area contributed by atoms with E-state index >= 15 is 0 Å². The third kappa shape index (κ3) is 6.39. The number of hydrogen-bond acceptors (Lipinski definition) is 8. The van der Waals surface area contributed by atoms with Gasteiger partial charge in [0.1, 0.15) is 11.9 Å². The number of carbonyl (C=O) groups excluding carboxylic acids is 2. The minimum absolute atomic E-state index is 0.0104. The molecule has 1 aromatic heterocycles. The van der Waals surface area contributed by atoms with Crippen LogP contribution in [0.1, 0.15) is 86.9 Å². The molecule has 9 heteroatoms. The first-order chi connectivity index (χ1) is 25.2. The van der Waals surface area contributed by atoms with E-state index in [1.807, 2.05) is 25.1 Å². The lowest BCUT2D eigenvalue weighted by Crippen LogP contribution is -2.54. The summed E-state index contributed by atoms with van der Waals surface area (Å²) in [4.78, 5) is 40.4. The first-order valence-corrected chi connectivity index (χ1v) is 18.8. The van der Waals surface area contributed by atoms with Crippen molar-refractivity contribution in [3.63, 3.8) is 0 Å². The molecule has 7 rings (SSSR count). The van der Waals surface area contributed by atoms with Crippen LogP contribution in [0.25, 0.3) is 0 Å². The zero-order valence-electron chi connectivity index (χ0n) is 30.7. The van der Waals surface area contributed by atoms with Crippen molar-refractivity contribution in [1.29, 1.82) is 5.26 Å². The van der Waals surface area contributed by atoms with Gasteiger partial charge in [0.05, 0.1) is 11.2 Å². The van der Waals surface area contributed by atoms with Gasteiger partial charge in [-0.05, 0) is 111 Å². The third-order valence-electron chi connectivity index (χ3n) is 12.3. The second-order valence-corrected chi connectivity index (χ2v) is 15.0. The number of carbonyl (C=O) groups is 2. The summed E-state index contributed by atoms with van der Waals surface area (Å²) in [5.41, 5.74) is 13.9. The molecule has 1 unspecified atom stereocenters. The highest BCUT2D eigenvalue weighted by Gasteiger charge is 2.52. The van der Waals surface area contributed by atoms with Gasteiger partial charge in [-0.1, -0.05) is 74.5 Å². The quantitative estimate of drug-likeness (QED) is 0.167. The topological polar surface area (TPSA) is 114 Å². The molecule has 1 amide bonds. The summed E-state index contributed by atoms with van der Waals surface area (Å²) in [6.07, 6.45) is 9.39. The maximum Gasteiger partial charge on any atom is 0.300 e. The molecule has 268 valence electrons. The molecule has 3 fully saturated rings. The SMILES string of the molecule is CCc1cccc(N(C(=O)C(=O)C2CC(C3CC4(CCC(c5ccccc5)(N(C)c5ccccc5C)CC4)NN3)C2)c2ccnc(C#N)n2)c1CC. The second kappa shape index (κ2) is 14.6. The number of aromatic nitrogens is 2. The summed E-state index contributed by atoms with van der Waals surface area (Å²) >= 11 is 0. The summed E-state index contributed by atoms with van der Waals surface area (Å²) in [5.74, 6) is -0.862. The normalized spacial score (nSPS) is 25.2. The maximum absolute atomic E-state index is 14.2. The molecule has 0 bridgehead atoms. The number of amides is 1. The molecule has 2 heterocycles. The molecule has 3 aromatic carbocycles. The molecule has 0 radical (unpaired) electrons. The van der Waals surface area contributed by atoms with Crippen LogP contribution in [0.3, 0.4) is 0 Å².